The first-order valence-corrected chi connectivity index (χ1v) is 1.17. The van der Waals surface area contributed by atoms with E-state index in [1.807, 2.05) is 0 Å². The monoisotopic (exact) mass is 239 g/mol. The predicted octanol–water partition coefficient (Wildman–Crippen LogP) is 2.11. The molecule has 0 bridgehead atoms. The van der Waals surface area contributed by atoms with Crippen molar-refractivity contribution in [3.63, 3.8) is 0 Å². The van der Waals surface area contributed by atoms with E-state index < -0.39 is 6.18 Å². The van der Waals surface area contributed by atoms with Crippen LogP contribution in [0.1, 0.15) is 0 Å². The molecule has 0 saturated carbocycles. The zero-order valence-corrected chi connectivity index (χ0v) is 8.64. The van der Waals surface area contributed by atoms with E-state index in [0.29, 0.717) is 0 Å². The summed E-state index contributed by atoms with van der Waals surface area (Å²) in [7, 11) is 0. The second kappa shape index (κ2) is 5.76. The summed E-state index contributed by atoms with van der Waals surface area (Å²) in [5.41, 5.74) is 0. The summed E-state index contributed by atoms with van der Waals surface area (Å²) in [5, 5.41) is 0. The Morgan fingerprint density at radius 1 is 1.25 bits per heavy atom. The van der Waals surface area contributed by atoms with Crippen molar-refractivity contribution in [2.24, 2.45) is 0 Å². The van der Waals surface area contributed by atoms with Crippen LogP contribution in [-0.4, -0.2) is 6.18 Å². The molecule has 0 heterocycles. The Morgan fingerprint density at radius 2 is 1.38 bits per heavy atom. The number of allylic oxidation sites excluding steroid dienone is 1. The molecule has 0 saturated heterocycles. The van der Waals surface area contributed by atoms with Gasteiger partial charge in [-0.05, 0) is 0 Å². The Kier molecular flexibility index (Phi) is 11.4. The standard InChI is InChI=1S/C3H2F3.BrH.Zn/c1-2-3(4,5)6;;/h1H2;1H;/q-1;;. The topological polar surface area (TPSA) is 0 Å². The third-order valence-corrected chi connectivity index (χ3v) is 0.200. The minimum absolute atomic E-state index is 0. The molecule has 0 rings (SSSR count). The van der Waals surface area contributed by atoms with Crippen molar-refractivity contribution in [3.8, 4) is 0 Å². The number of hydrogen-bond donors (Lipinski definition) is 0. The van der Waals surface area contributed by atoms with Gasteiger partial charge in [0.1, 0.15) is 0 Å². The fourth-order valence-electron chi connectivity index (χ4n) is 0. The normalized spacial score (nSPS) is 8.38. The second-order valence-corrected chi connectivity index (χ2v) is 0.675. The molecule has 0 aromatic carbocycles. The third-order valence-electron chi connectivity index (χ3n) is 0.200. The van der Waals surface area contributed by atoms with E-state index >= 15 is 0 Å². The van der Waals surface area contributed by atoms with Crippen molar-refractivity contribution in [1.82, 2.24) is 0 Å². The van der Waals surface area contributed by atoms with Gasteiger partial charge in [-0.2, -0.15) is 0 Å². The molecule has 0 aromatic heterocycles. The van der Waals surface area contributed by atoms with Crippen LogP contribution in [0.25, 0.3) is 0 Å². The second-order valence-electron chi connectivity index (χ2n) is 0.675. The van der Waals surface area contributed by atoms with Crippen molar-refractivity contribution < 1.29 is 32.6 Å². The van der Waals surface area contributed by atoms with E-state index in [1.54, 1.807) is 0 Å². The summed E-state index contributed by atoms with van der Waals surface area (Å²) >= 11 is 0. The first-order valence-electron chi connectivity index (χ1n) is 1.17. The summed E-state index contributed by atoms with van der Waals surface area (Å²) in [5.74, 6) is 0. The Morgan fingerprint density at radius 3 is 1.38 bits per heavy atom. The van der Waals surface area contributed by atoms with Gasteiger partial charge in [-0.15, -0.1) is 17.0 Å². The smallest absolute Gasteiger partial charge is 0.265 e. The molecule has 0 aromatic rings. The SMILES string of the molecule is Br.C=[C-]C(F)(F)F.[Zn]. The van der Waals surface area contributed by atoms with Gasteiger partial charge in [0.25, 0.3) is 6.18 Å². The molecule has 0 N–H and O–H groups in total. The van der Waals surface area contributed by atoms with Gasteiger partial charge >= 0.3 is 0 Å². The van der Waals surface area contributed by atoms with Gasteiger partial charge < -0.3 is 6.08 Å². The molecule has 8 heavy (non-hydrogen) atoms. The van der Waals surface area contributed by atoms with E-state index in [0.717, 1.165) is 6.08 Å². The Hall–Kier alpha value is 0.633. The van der Waals surface area contributed by atoms with Gasteiger partial charge in [0.05, 0.1) is 0 Å². The molecule has 0 aliphatic rings. The fraction of sp³-hybridized carbons (Fsp3) is 0.333. The molecular formula is C3H3BrF3Zn-. The molecule has 0 nitrogen and oxygen atoms in total. The van der Waals surface area contributed by atoms with Gasteiger partial charge in [-0.1, -0.05) is 0 Å². The summed E-state index contributed by atoms with van der Waals surface area (Å²) in [6, 6.07) is 0. The van der Waals surface area contributed by atoms with Gasteiger partial charge in [0.15, 0.2) is 0 Å². The Balaban J connectivity index is -0.000000125. The van der Waals surface area contributed by atoms with Gasteiger partial charge in [0.2, 0.25) is 0 Å². The molecule has 46 valence electrons. The molecule has 5 heteroatoms. The quantitative estimate of drug-likeness (QED) is 0.450. The van der Waals surface area contributed by atoms with E-state index in [2.05, 4.69) is 6.58 Å². The molecule has 0 radical (unpaired) electrons. The van der Waals surface area contributed by atoms with E-state index in [1.165, 1.54) is 0 Å². The first kappa shape index (κ1) is 15.9. The molecule has 0 atom stereocenters. The van der Waals surface area contributed by atoms with Crippen LogP contribution in [0.5, 0.6) is 0 Å². The number of alkyl halides is 3. The predicted molar refractivity (Wildman–Crippen MR) is 25.2 cm³/mol. The van der Waals surface area contributed by atoms with Crippen molar-refractivity contribution in [2.45, 2.75) is 6.18 Å². The molecule has 0 fully saturated rings. The van der Waals surface area contributed by atoms with Crippen LogP contribution in [0.15, 0.2) is 6.58 Å². The Labute approximate surface area is 68.7 Å². The van der Waals surface area contributed by atoms with Crippen LogP contribution in [-0.2, 0) is 19.5 Å². The molecule has 0 spiro atoms. The van der Waals surface area contributed by atoms with Crippen molar-refractivity contribution in [2.75, 3.05) is 0 Å². The zero-order valence-electron chi connectivity index (χ0n) is 3.96. The average molecular weight is 241 g/mol. The van der Waals surface area contributed by atoms with Crippen LogP contribution in [0, 0.1) is 6.08 Å². The van der Waals surface area contributed by atoms with E-state index in [9.17, 15) is 13.2 Å². The summed E-state index contributed by atoms with van der Waals surface area (Å²) < 4.78 is 31.8. The van der Waals surface area contributed by atoms with Crippen LogP contribution in [0.2, 0.25) is 0 Å². The Bertz CT molecular complexity index is 60.0. The van der Waals surface area contributed by atoms with Crippen LogP contribution in [0.3, 0.4) is 0 Å². The number of halogens is 4. The van der Waals surface area contributed by atoms with Gasteiger partial charge in [-0.25, -0.2) is 13.2 Å². The maximum Gasteiger partial charge on any atom is 0.265 e. The molecule has 0 aliphatic carbocycles. The largest absolute Gasteiger partial charge is 0.396 e. The van der Waals surface area contributed by atoms with Crippen molar-refractivity contribution in [1.29, 1.82) is 0 Å². The van der Waals surface area contributed by atoms with Crippen LogP contribution < -0.4 is 0 Å². The summed E-state index contributed by atoms with van der Waals surface area (Å²) in [4.78, 5) is 0. The summed E-state index contributed by atoms with van der Waals surface area (Å²) in [6.07, 6.45) is -3.47. The van der Waals surface area contributed by atoms with Crippen LogP contribution in [0.4, 0.5) is 13.2 Å². The van der Waals surface area contributed by atoms with E-state index in [4.69, 9.17) is 0 Å². The maximum atomic E-state index is 10.6. The van der Waals surface area contributed by atoms with Gasteiger partial charge in [0, 0.05) is 19.5 Å². The van der Waals surface area contributed by atoms with Crippen molar-refractivity contribution in [3.05, 3.63) is 12.7 Å². The molecule has 0 amide bonds. The van der Waals surface area contributed by atoms with Crippen molar-refractivity contribution >= 4 is 17.0 Å². The first-order chi connectivity index (χ1) is 2.56. The van der Waals surface area contributed by atoms with Crippen LogP contribution >= 0.6 is 17.0 Å². The fourth-order valence-corrected chi connectivity index (χ4v) is 0. The maximum absolute atomic E-state index is 10.6. The molecular weight excluding hydrogens is 238 g/mol. The zero-order chi connectivity index (χ0) is 5.21. The summed E-state index contributed by atoms with van der Waals surface area (Å²) in [6.45, 7) is 2.38. The number of rotatable bonds is 0. The number of hydrogen-bond acceptors (Lipinski definition) is 0. The molecule has 0 aliphatic heterocycles. The average Bonchev–Trinajstić information content (AvgIpc) is 1.35. The van der Waals surface area contributed by atoms with E-state index in [-0.39, 0.29) is 36.5 Å². The minimum Gasteiger partial charge on any atom is -0.396 e. The van der Waals surface area contributed by atoms with Gasteiger partial charge in [-0.3, -0.25) is 6.58 Å². The third kappa shape index (κ3) is 15.9. The molecule has 0 unspecified atom stereocenters. The minimum atomic E-state index is -4.32.